The second kappa shape index (κ2) is 18.0. The lowest BCUT2D eigenvalue weighted by atomic mass is 10.1. The number of rotatable bonds is 17. The lowest BCUT2D eigenvalue weighted by Gasteiger charge is -2.29. The summed E-state index contributed by atoms with van der Waals surface area (Å²) in [4.78, 5) is 28.8. The van der Waals surface area contributed by atoms with Crippen molar-refractivity contribution < 1.29 is 61.1 Å². The molecule has 0 bridgehead atoms. The van der Waals surface area contributed by atoms with Crippen molar-refractivity contribution in [3.63, 3.8) is 0 Å². The van der Waals surface area contributed by atoms with Crippen LogP contribution in [-0.2, 0) is 38.7 Å². The predicted octanol–water partition coefficient (Wildman–Crippen LogP) is 5.16. The Labute approximate surface area is 305 Å². The van der Waals surface area contributed by atoms with Gasteiger partial charge in [0.1, 0.15) is 47.4 Å². The van der Waals surface area contributed by atoms with E-state index >= 15 is 0 Å². The van der Waals surface area contributed by atoms with E-state index in [4.69, 9.17) is 46.9 Å². The van der Waals surface area contributed by atoms with Crippen molar-refractivity contribution in [3.8, 4) is 23.0 Å². The molecule has 15 nitrogen and oxygen atoms in total. The van der Waals surface area contributed by atoms with Gasteiger partial charge in [-0.15, -0.1) is 11.3 Å². The number of ether oxygens (including phenoxy) is 8. The van der Waals surface area contributed by atoms with Crippen LogP contribution in [0.25, 0.3) is 0 Å². The Morgan fingerprint density at radius 3 is 1.46 bits per heavy atom. The number of nitrogens with one attached hydrogen (secondary N) is 1. The molecule has 282 valence electrons. The van der Waals surface area contributed by atoms with Crippen molar-refractivity contribution in [3.05, 3.63) is 58.6 Å². The maximum Gasteiger partial charge on any atom is 0.336 e. The number of Topliss-reactive ketones (excluding diaryl/α,β-unsaturated/α-hetero) is 1. The molecule has 0 spiro atoms. The molecule has 3 aromatic rings. The Morgan fingerprint density at radius 2 is 1.12 bits per heavy atom. The van der Waals surface area contributed by atoms with Gasteiger partial charge in [0.15, 0.2) is 10.9 Å². The van der Waals surface area contributed by atoms with E-state index in [-0.39, 0.29) is 55.5 Å². The molecule has 7 rings (SSSR count). The molecule has 0 aliphatic carbocycles. The lowest BCUT2D eigenvalue weighted by molar-refractivity contribution is -0.0825. The molecule has 0 atom stereocenters. The highest BCUT2D eigenvalue weighted by Crippen LogP contribution is 2.51. The number of benzene rings is 2. The van der Waals surface area contributed by atoms with Crippen molar-refractivity contribution in [2.45, 2.75) is 51.3 Å². The van der Waals surface area contributed by atoms with E-state index in [1.165, 1.54) is 18.3 Å². The van der Waals surface area contributed by atoms with E-state index < -0.39 is 7.60 Å². The highest BCUT2D eigenvalue weighted by molar-refractivity contribution is 7.53. The molecule has 5 heterocycles. The topological polar surface area (TPSA) is 168 Å². The molecule has 1 aromatic heterocycles. The Morgan fingerprint density at radius 1 is 0.712 bits per heavy atom. The SMILES string of the molecule is CC(=O)c1cc(OC2COC2)cc(OC2COC2)c1.CCOP(=O)(Cc1csc(NC(=O)c2cc(OC3COC3)cc(OC3COC3)c2)n1)OCC. The summed E-state index contributed by atoms with van der Waals surface area (Å²) in [6.07, 6.45) is 0.0892. The van der Waals surface area contributed by atoms with Gasteiger partial charge in [0.05, 0.1) is 77.9 Å². The lowest BCUT2D eigenvalue weighted by Crippen LogP contribution is -2.39. The average Bonchev–Trinajstić information content (AvgIpc) is 3.46. The highest BCUT2D eigenvalue weighted by Gasteiger charge is 2.27. The second-order valence-electron chi connectivity index (χ2n) is 12.3. The number of hydrogen-bond donors (Lipinski definition) is 1. The van der Waals surface area contributed by atoms with Gasteiger partial charge in [0.25, 0.3) is 5.91 Å². The van der Waals surface area contributed by atoms with E-state index in [9.17, 15) is 14.2 Å². The summed E-state index contributed by atoms with van der Waals surface area (Å²) in [6, 6.07) is 10.4. The number of nitrogens with zero attached hydrogens (tertiary/aromatic N) is 1. The molecule has 1 amide bonds. The van der Waals surface area contributed by atoms with Gasteiger partial charge in [-0.1, -0.05) is 0 Å². The molecule has 4 aliphatic heterocycles. The largest absolute Gasteiger partial charge is 0.485 e. The third-order valence-electron chi connectivity index (χ3n) is 7.85. The summed E-state index contributed by atoms with van der Waals surface area (Å²) in [5.41, 5.74) is 1.48. The molecule has 4 fully saturated rings. The van der Waals surface area contributed by atoms with Crippen LogP contribution >= 0.6 is 18.9 Å². The van der Waals surface area contributed by atoms with Gasteiger partial charge < -0.3 is 46.9 Å². The fraction of sp³-hybridized carbons (Fsp3) is 0.514. The quantitative estimate of drug-likeness (QED) is 0.141. The van der Waals surface area contributed by atoms with Crippen LogP contribution in [0.2, 0.25) is 0 Å². The highest BCUT2D eigenvalue weighted by atomic mass is 32.1. The van der Waals surface area contributed by atoms with Crippen LogP contribution in [0.5, 0.6) is 23.0 Å². The van der Waals surface area contributed by atoms with Crippen LogP contribution in [0.15, 0.2) is 41.8 Å². The smallest absolute Gasteiger partial charge is 0.336 e. The fourth-order valence-electron chi connectivity index (χ4n) is 4.97. The number of hydrogen-bond acceptors (Lipinski definition) is 15. The normalized spacial score (nSPS) is 17.7. The number of amides is 1. The Bertz CT molecular complexity index is 1640. The van der Waals surface area contributed by atoms with Crippen LogP contribution in [0, 0.1) is 0 Å². The van der Waals surface area contributed by atoms with E-state index in [2.05, 4.69) is 10.3 Å². The van der Waals surface area contributed by atoms with Gasteiger partial charge in [0, 0.05) is 28.6 Å². The van der Waals surface area contributed by atoms with Crippen LogP contribution in [0.4, 0.5) is 5.13 Å². The first-order chi connectivity index (χ1) is 25.2. The summed E-state index contributed by atoms with van der Waals surface area (Å²) in [5, 5.41) is 4.88. The summed E-state index contributed by atoms with van der Waals surface area (Å²) >= 11 is 1.23. The third-order valence-corrected chi connectivity index (χ3v) is 10.7. The zero-order valence-corrected chi connectivity index (χ0v) is 30.9. The van der Waals surface area contributed by atoms with E-state index in [1.807, 2.05) is 6.07 Å². The number of ketones is 1. The Hall–Kier alpha value is -3.60. The van der Waals surface area contributed by atoms with Crippen LogP contribution in [0.3, 0.4) is 0 Å². The first-order valence-corrected chi connectivity index (χ1v) is 19.7. The van der Waals surface area contributed by atoms with Gasteiger partial charge >= 0.3 is 7.60 Å². The van der Waals surface area contributed by atoms with Gasteiger partial charge in [-0.05, 0) is 45.0 Å². The summed E-state index contributed by atoms with van der Waals surface area (Å²) in [6.45, 7) is 10.0. The maximum atomic E-state index is 12.9. The Kier molecular flexibility index (Phi) is 13.2. The Balaban J connectivity index is 0.000000206. The van der Waals surface area contributed by atoms with Crippen LogP contribution in [0.1, 0.15) is 47.2 Å². The van der Waals surface area contributed by atoms with Crippen molar-refractivity contribution >= 4 is 35.8 Å². The zero-order valence-electron chi connectivity index (χ0n) is 29.2. The molecule has 17 heteroatoms. The molecular formula is C35H43N2O13PS. The molecule has 52 heavy (non-hydrogen) atoms. The zero-order chi connectivity index (χ0) is 36.5. The van der Waals surface area contributed by atoms with Crippen LogP contribution < -0.4 is 24.3 Å². The predicted molar refractivity (Wildman–Crippen MR) is 188 cm³/mol. The number of carbonyl (C=O) groups is 2. The fourth-order valence-corrected chi connectivity index (χ4v) is 7.41. The molecule has 2 aromatic carbocycles. The second-order valence-corrected chi connectivity index (χ2v) is 15.2. The number of thiazole rings is 1. The molecule has 0 radical (unpaired) electrons. The van der Waals surface area contributed by atoms with E-state index in [0.29, 0.717) is 97.8 Å². The van der Waals surface area contributed by atoms with E-state index in [1.54, 1.807) is 49.6 Å². The summed E-state index contributed by atoms with van der Waals surface area (Å²) < 4.78 is 67.0. The maximum absolute atomic E-state index is 12.9. The van der Waals surface area contributed by atoms with Gasteiger partial charge in [0.2, 0.25) is 0 Å². The van der Waals surface area contributed by atoms with E-state index in [0.717, 1.165) is 0 Å². The van der Waals surface area contributed by atoms with Crippen molar-refractivity contribution in [2.24, 2.45) is 0 Å². The number of anilines is 1. The van der Waals surface area contributed by atoms with Crippen molar-refractivity contribution in [2.75, 3.05) is 71.4 Å². The third kappa shape index (κ3) is 10.7. The van der Waals surface area contributed by atoms with Crippen LogP contribution in [-0.4, -0.2) is 107 Å². The first kappa shape index (κ1) is 38.1. The van der Waals surface area contributed by atoms with Crippen molar-refractivity contribution in [1.82, 2.24) is 4.98 Å². The average molecular weight is 763 g/mol. The monoisotopic (exact) mass is 762 g/mol. The van der Waals surface area contributed by atoms with Gasteiger partial charge in [-0.2, -0.15) is 0 Å². The molecule has 4 aliphatic rings. The summed E-state index contributed by atoms with van der Waals surface area (Å²) in [5.74, 6) is 1.98. The van der Waals surface area contributed by atoms with Gasteiger partial charge in [-0.25, -0.2) is 4.98 Å². The molecule has 0 saturated carbocycles. The van der Waals surface area contributed by atoms with Crippen molar-refractivity contribution in [1.29, 1.82) is 0 Å². The van der Waals surface area contributed by atoms with Gasteiger partial charge in [-0.3, -0.25) is 19.5 Å². The minimum atomic E-state index is -3.28. The molecule has 0 unspecified atom stereocenters. The molecule has 1 N–H and O–H groups in total. The summed E-state index contributed by atoms with van der Waals surface area (Å²) in [7, 11) is -3.28. The minimum absolute atomic E-state index is 0.00924. The first-order valence-electron chi connectivity index (χ1n) is 17.1. The molecular weight excluding hydrogens is 719 g/mol. The number of carbonyl (C=O) groups excluding carboxylic acids is 2. The number of aromatic nitrogens is 1. The molecule has 4 saturated heterocycles. The minimum Gasteiger partial charge on any atom is -0.485 e. The standard InChI is InChI=1S/C21H27N2O8PS.C14H16O5/c1-3-28-32(25,29-4-2)12-15-13-33-21(22-15)23-20(24)14-5-16(30-18-8-26-9-18)7-17(6-14)31-19-10-27-11-19;1-9(15)10-2-11(18-13-5-16-6-13)4-12(3-10)19-14-7-17-8-14/h5-7,13,18-19H,3-4,8-12H2,1-2H3,(H,22,23,24);2-4,13-14H,5-8H2,1H3.